The first-order valence-electron chi connectivity index (χ1n) is 7.77. The normalized spacial score (nSPS) is 23.4. The molecule has 0 aromatic heterocycles. The summed E-state index contributed by atoms with van der Waals surface area (Å²) in [4.78, 5) is 0. The second-order valence-corrected chi connectivity index (χ2v) is 6.17. The monoisotopic (exact) mass is 294 g/mol. The first-order valence-corrected chi connectivity index (χ1v) is 8.20. The Balaban J connectivity index is 1.80. The number of allylic oxidation sites excluding steroid dienone is 1. The molecule has 110 valence electrons. The smallest absolute Gasteiger partial charge is 0.126 e. The van der Waals surface area contributed by atoms with E-state index in [0.717, 1.165) is 29.9 Å². The van der Waals surface area contributed by atoms with Crippen LogP contribution in [0.5, 0.6) is 0 Å². The van der Waals surface area contributed by atoms with Gasteiger partial charge in [-0.3, -0.25) is 0 Å². The van der Waals surface area contributed by atoms with Crippen LogP contribution in [0.1, 0.15) is 50.2 Å². The molecule has 0 heterocycles. The van der Waals surface area contributed by atoms with E-state index >= 15 is 0 Å². The summed E-state index contributed by atoms with van der Waals surface area (Å²) in [5.41, 5.74) is 3.62. The molecular weight excluding hydrogens is 271 g/mol. The molecule has 1 aromatic carbocycles. The molecule has 1 saturated carbocycles. The van der Waals surface area contributed by atoms with Crippen molar-refractivity contribution in [3.63, 3.8) is 0 Å². The first kappa shape index (κ1) is 15.6. The van der Waals surface area contributed by atoms with Crippen LogP contribution in [0.15, 0.2) is 29.8 Å². The zero-order valence-electron chi connectivity index (χ0n) is 12.2. The van der Waals surface area contributed by atoms with Gasteiger partial charge in [0.05, 0.1) is 0 Å². The van der Waals surface area contributed by atoms with Crippen LogP contribution < -0.4 is 0 Å². The highest BCUT2D eigenvalue weighted by Crippen LogP contribution is 2.32. The van der Waals surface area contributed by atoms with Crippen molar-refractivity contribution in [1.29, 1.82) is 0 Å². The van der Waals surface area contributed by atoms with Gasteiger partial charge >= 0.3 is 0 Å². The Morgan fingerprint density at radius 1 is 1.25 bits per heavy atom. The molecule has 0 bridgehead atoms. The zero-order valence-corrected chi connectivity index (χ0v) is 13.0. The molecule has 0 atom stereocenters. The largest absolute Gasteiger partial charge is 0.207 e. The number of rotatable bonds is 5. The molecule has 0 radical (unpaired) electrons. The van der Waals surface area contributed by atoms with Crippen LogP contribution in [-0.4, -0.2) is 0 Å². The van der Waals surface area contributed by atoms with E-state index in [4.69, 9.17) is 11.6 Å². The van der Waals surface area contributed by atoms with Gasteiger partial charge in [0, 0.05) is 5.54 Å². The third kappa shape index (κ3) is 4.34. The van der Waals surface area contributed by atoms with E-state index < -0.39 is 0 Å². The van der Waals surface area contributed by atoms with E-state index in [9.17, 15) is 4.39 Å². The molecule has 2 heteroatoms. The minimum atomic E-state index is -0.0408. The Morgan fingerprint density at radius 3 is 2.60 bits per heavy atom. The Morgan fingerprint density at radius 2 is 2.00 bits per heavy atom. The van der Waals surface area contributed by atoms with Gasteiger partial charge < -0.3 is 0 Å². The summed E-state index contributed by atoms with van der Waals surface area (Å²) in [5.74, 6) is 1.43. The van der Waals surface area contributed by atoms with E-state index in [1.165, 1.54) is 32.1 Å². The van der Waals surface area contributed by atoms with Gasteiger partial charge in [0.2, 0.25) is 0 Å². The fraction of sp³-hybridized carbons (Fsp3) is 0.556. The summed E-state index contributed by atoms with van der Waals surface area (Å²) in [5, 5.41) is 0. The van der Waals surface area contributed by atoms with E-state index in [2.05, 4.69) is 12.1 Å². The molecular formula is C18H24ClF. The highest BCUT2D eigenvalue weighted by Gasteiger charge is 2.19. The molecule has 1 aliphatic carbocycles. The summed E-state index contributed by atoms with van der Waals surface area (Å²) in [6, 6.07) is 5.75. The molecule has 0 nitrogen and oxygen atoms in total. The fourth-order valence-electron chi connectivity index (χ4n) is 3.18. The lowest BCUT2D eigenvalue weighted by atomic mass is 9.79. The van der Waals surface area contributed by atoms with Gasteiger partial charge in [-0.15, -0.1) is 0 Å². The molecule has 1 aromatic rings. The zero-order chi connectivity index (χ0) is 14.4. The number of halogens is 2. The quantitative estimate of drug-likeness (QED) is 0.636. The summed E-state index contributed by atoms with van der Waals surface area (Å²) in [6.45, 7) is 1.99. The minimum absolute atomic E-state index is 0.0408. The van der Waals surface area contributed by atoms with Gasteiger partial charge in [-0.05, 0) is 74.0 Å². The van der Waals surface area contributed by atoms with Crippen LogP contribution >= 0.6 is 11.6 Å². The number of hydrogen-bond acceptors (Lipinski definition) is 0. The van der Waals surface area contributed by atoms with Crippen molar-refractivity contribution < 1.29 is 4.39 Å². The van der Waals surface area contributed by atoms with Crippen LogP contribution in [0.2, 0.25) is 0 Å². The molecule has 0 N–H and O–H groups in total. The molecule has 1 aliphatic rings. The molecule has 1 fully saturated rings. The molecule has 2 rings (SSSR count). The number of hydrogen-bond donors (Lipinski definition) is 0. The van der Waals surface area contributed by atoms with Gasteiger partial charge in [0.15, 0.2) is 0 Å². The predicted molar refractivity (Wildman–Crippen MR) is 84.5 cm³/mol. The third-order valence-corrected chi connectivity index (χ3v) is 4.72. The Labute approximate surface area is 127 Å². The van der Waals surface area contributed by atoms with Crippen LogP contribution in [0.4, 0.5) is 4.39 Å². The van der Waals surface area contributed by atoms with E-state index in [-0.39, 0.29) is 5.82 Å². The van der Waals surface area contributed by atoms with Crippen molar-refractivity contribution >= 4 is 11.6 Å². The molecule has 20 heavy (non-hydrogen) atoms. The first-order chi connectivity index (χ1) is 9.72. The van der Waals surface area contributed by atoms with Gasteiger partial charge in [-0.1, -0.05) is 36.7 Å². The Kier molecular flexibility index (Phi) is 6.09. The Bertz CT molecular complexity index is 445. The van der Waals surface area contributed by atoms with E-state index in [1.54, 1.807) is 11.6 Å². The SMILES string of the molecule is CCc1ccc(CCC2CCC(/C=C/Cl)CC2)cc1F. The molecule has 0 unspecified atom stereocenters. The van der Waals surface area contributed by atoms with Crippen molar-refractivity contribution in [3.8, 4) is 0 Å². The lowest BCUT2D eigenvalue weighted by Gasteiger charge is -2.26. The standard InChI is InChI=1S/C18H24ClF/c1-2-17-10-9-16(13-18(17)20)8-7-14-3-5-15(6-4-14)11-12-19/h9-15H,2-8H2,1H3/b12-11+. The summed E-state index contributed by atoms with van der Waals surface area (Å²) < 4.78 is 13.7. The van der Waals surface area contributed by atoms with Gasteiger partial charge in [0.25, 0.3) is 0 Å². The maximum absolute atomic E-state index is 13.7. The van der Waals surface area contributed by atoms with Crippen molar-refractivity contribution in [1.82, 2.24) is 0 Å². The number of aryl methyl sites for hydroxylation is 2. The lowest BCUT2D eigenvalue weighted by Crippen LogP contribution is -2.13. The second-order valence-electron chi connectivity index (χ2n) is 5.92. The van der Waals surface area contributed by atoms with Crippen LogP contribution in [0, 0.1) is 17.7 Å². The minimum Gasteiger partial charge on any atom is -0.207 e. The maximum atomic E-state index is 13.7. The highest BCUT2D eigenvalue weighted by atomic mass is 35.5. The third-order valence-electron chi connectivity index (χ3n) is 4.58. The number of benzene rings is 1. The summed E-state index contributed by atoms with van der Waals surface area (Å²) >= 11 is 5.64. The average Bonchev–Trinajstić information content (AvgIpc) is 2.47. The Hall–Kier alpha value is -0.820. The molecule has 0 spiro atoms. The van der Waals surface area contributed by atoms with Crippen molar-refractivity contribution in [3.05, 3.63) is 46.8 Å². The van der Waals surface area contributed by atoms with Gasteiger partial charge in [-0.25, -0.2) is 4.39 Å². The van der Waals surface area contributed by atoms with Crippen molar-refractivity contribution in [2.45, 2.75) is 51.9 Å². The van der Waals surface area contributed by atoms with Gasteiger partial charge in [0.1, 0.15) is 5.82 Å². The van der Waals surface area contributed by atoms with Crippen molar-refractivity contribution in [2.24, 2.45) is 11.8 Å². The topological polar surface area (TPSA) is 0 Å². The summed E-state index contributed by atoms with van der Waals surface area (Å²) in [7, 11) is 0. The average molecular weight is 295 g/mol. The van der Waals surface area contributed by atoms with Crippen LogP contribution in [0.25, 0.3) is 0 Å². The lowest BCUT2D eigenvalue weighted by molar-refractivity contribution is 0.296. The summed E-state index contributed by atoms with van der Waals surface area (Å²) in [6.07, 6.45) is 10.1. The van der Waals surface area contributed by atoms with E-state index in [1.807, 2.05) is 13.0 Å². The fourth-order valence-corrected chi connectivity index (χ4v) is 3.38. The van der Waals surface area contributed by atoms with E-state index in [0.29, 0.717) is 5.92 Å². The van der Waals surface area contributed by atoms with Crippen molar-refractivity contribution in [2.75, 3.05) is 0 Å². The molecule has 0 aliphatic heterocycles. The highest BCUT2D eigenvalue weighted by molar-refractivity contribution is 6.25. The second kappa shape index (κ2) is 7.83. The molecule has 0 saturated heterocycles. The van der Waals surface area contributed by atoms with Crippen LogP contribution in [0.3, 0.4) is 0 Å². The predicted octanol–water partition coefficient (Wildman–Crippen LogP) is 5.88. The van der Waals surface area contributed by atoms with Gasteiger partial charge in [-0.2, -0.15) is 0 Å². The maximum Gasteiger partial charge on any atom is 0.126 e. The molecule has 0 amide bonds. The van der Waals surface area contributed by atoms with Crippen LogP contribution in [-0.2, 0) is 12.8 Å².